The zero-order valence-electron chi connectivity index (χ0n) is 7.83. The molecule has 0 radical (unpaired) electrons. The third-order valence-corrected chi connectivity index (χ3v) is 3.37. The lowest BCUT2D eigenvalue weighted by Crippen LogP contribution is -1.93. The van der Waals surface area contributed by atoms with Crippen molar-refractivity contribution in [2.45, 2.75) is 6.42 Å². The van der Waals surface area contributed by atoms with Gasteiger partial charge in [0, 0.05) is 6.42 Å². The molecule has 0 aliphatic heterocycles. The molecule has 15 heavy (non-hydrogen) atoms. The summed E-state index contributed by atoms with van der Waals surface area (Å²) in [6.07, 6.45) is 0.610. The van der Waals surface area contributed by atoms with Gasteiger partial charge in [-0.25, -0.2) is 4.98 Å². The first-order valence-corrected chi connectivity index (χ1v) is 6.39. The van der Waals surface area contributed by atoms with E-state index in [-0.39, 0.29) is 0 Å². The Morgan fingerprint density at radius 1 is 1.33 bits per heavy atom. The van der Waals surface area contributed by atoms with Crippen molar-refractivity contribution in [2.75, 3.05) is 6.61 Å². The van der Waals surface area contributed by atoms with Crippen LogP contribution in [0.25, 0.3) is 10.2 Å². The standard InChI is InChI=1S/C9H10NO3PS/c11-14(12)13-6-5-9-10-7-3-1-2-4-8(7)15-9/h1-4,11-12H,5-6H2. The summed E-state index contributed by atoms with van der Waals surface area (Å²) in [5.74, 6) is 0. The third-order valence-electron chi connectivity index (χ3n) is 1.86. The average Bonchev–Trinajstić information content (AvgIpc) is 2.59. The first-order chi connectivity index (χ1) is 7.25. The molecule has 0 spiro atoms. The van der Waals surface area contributed by atoms with Crippen molar-refractivity contribution in [3.63, 3.8) is 0 Å². The van der Waals surface area contributed by atoms with Crippen LogP contribution >= 0.6 is 19.9 Å². The van der Waals surface area contributed by atoms with Gasteiger partial charge in [-0.2, -0.15) is 0 Å². The van der Waals surface area contributed by atoms with E-state index in [1.54, 1.807) is 11.3 Å². The molecule has 1 aromatic heterocycles. The summed E-state index contributed by atoms with van der Waals surface area (Å²) >= 11 is 1.60. The van der Waals surface area contributed by atoms with Crippen molar-refractivity contribution in [1.29, 1.82) is 0 Å². The number of rotatable bonds is 4. The number of thiazole rings is 1. The van der Waals surface area contributed by atoms with E-state index in [1.807, 2.05) is 24.3 Å². The predicted molar refractivity (Wildman–Crippen MR) is 60.6 cm³/mol. The molecule has 2 rings (SSSR count). The minimum atomic E-state index is -2.24. The predicted octanol–water partition coefficient (Wildman–Crippen LogP) is 2.07. The van der Waals surface area contributed by atoms with Crippen molar-refractivity contribution in [1.82, 2.24) is 4.98 Å². The second-order valence-electron chi connectivity index (χ2n) is 2.91. The molecular weight excluding hydrogens is 233 g/mol. The van der Waals surface area contributed by atoms with Crippen molar-refractivity contribution in [3.8, 4) is 0 Å². The summed E-state index contributed by atoms with van der Waals surface area (Å²) in [7, 11) is -2.24. The molecule has 0 bridgehead atoms. The van der Waals surface area contributed by atoms with Gasteiger partial charge in [-0.1, -0.05) is 12.1 Å². The Hall–Kier alpha value is -0.580. The number of benzene rings is 1. The molecule has 0 amide bonds. The van der Waals surface area contributed by atoms with Gasteiger partial charge in [-0.15, -0.1) is 11.3 Å². The number of aromatic nitrogens is 1. The number of hydrogen-bond donors (Lipinski definition) is 2. The summed E-state index contributed by atoms with van der Waals surface area (Å²) in [6, 6.07) is 7.90. The molecule has 2 aromatic rings. The molecule has 0 unspecified atom stereocenters. The fourth-order valence-corrected chi connectivity index (χ4v) is 2.44. The molecule has 80 valence electrons. The van der Waals surface area contributed by atoms with Gasteiger partial charge in [0.15, 0.2) is 0 Å². The van der Waals surface area contributed by atoms with Crippen LogP contribution in [0.5, 0.6) is 0 Å². The summed E-state index contributed by atoms with van der Waals surface area (Å²) in [5.41, 5.74) is 0.979. The smallest absolute Gasteiger partial charge is 0.327 e. The van der Waals surface area contributed by atoms with Crippen LogP contribution in [-0.4, -0.2) is 21.4 Å². The highest BCUT2D eigenvalue weighted by atomic mass is 32.1. The van der Waals surface area contributed by atoms with Gasteiger partial charge >= 0.3 is 8.60 Å². The van der Waals surface area contributed by atoms with Crippen LogP contribution < -0.4 is 0 Å². The van der Waals surface area contributed by atoms with Crippen molar-refractivity contribution >= 4 is 30.2 Å². The lowest BCUT2D eigenvalue weighted by atomic mass is 10.3. The van der Waals surface area contributed by atoms with Crippen LogP contribution in [0.15, 0.2) is 24.3 Å². The molecular formula is C9H10NO3PS. The normalized spacial score (nSPS) is 11.4. The first-order valence-electron chi connectivity index (χ1n) is 4.41. The second-order valence-corrected chi connectivity index (χ2v) is 4.79. The van der Waals surface area contributed by atoms with Crippen LogP contribution in [0.3, 0.4) is 0 Å². The van der Waals surface area contributed by atoms with Gasteiger partial charge in [0.1, 0.15) is 0 Å². The van der Waals surface area contributed by atoms with Gasteiger partial charge < -0.3 is 14.3 Å². The molecule has 0 aliphatic rings. The summed E-state index contributed by atoms with van der Waals surface area (Å²) in [6.45, 7) is 0.290. The lowest BCUT2D eigenvalue weighted by Gasteiger charge is -2.00. The van der Waals surface area contributed by atoms with Gasteiger partial charge in [-0.05, 0) is 12.1 Å². The highest BCUT2D eigenvalue weighted by molar-refractivity contribution is 7.39. The van der Waals surface area contributed by atoms with Crippen LogP contribution in [0, 0.1) is 0 Å². The van der Waals surface area contributed by atoms with Gasteiger partial charge in [-0.3, -0.25) is 0 Å². The maximum atomic E-state index is 8.55. The average molecular weight is 243 g/mol. The van der Waals surface area contributed by atoms with Crippen LogP contribution in [0.1, 0.15) is 5.01 Å². The van der Waals surface area contributed by atoms with E-state index in [0.717, 1.165) is 15.2 Å². The summed E-state index contributed by atoms with van der Waals surface area (Å²) in [4.78, 5) is 21.5. The van der Waals surface area contributed by atoms with Crippen molar-refractivity contribution in [2.24, 2.45) is 0 Å². The summed E-state index contributed by atoms with van der Waals surface area (Å²) in [5, 5.41) is 0.952. The van der Waals surface area contributed by atoms with Crippen LogP contribution in [-0.2, 0) is 10.9 Å². The van der Waals surface area contributed by atoms with Crippen molar-refractivity contribution in [3.05, 3.63) is 29.3 Å². The topological polar surface area (TPSA) is 62.6 Å². The maximum absolute atomic E-state index is 8.55. The number of fused-ring (bicyclic) bond motifs is 1. The third kappa shape index (κ3) is 2.93. The van der Waals surface area contributed by atoms with Gasteiger partial charge in [0.2, 0.25) is 0 Å². The quantitative estimate of drug-likeness (QED) is 0.807. The van der Waals surface area contributed by atoms with Crippen molar-refractivity contribution < 1.29 is 14.3 Å². The summed E-state index contributed by atoms with van der Waals surface area (Å²) < 4.78 is 5.83. The van der Waals surface area contributed by atoms with E-state index in [2.05, 4.69) is 9.51 Å². The Bertz CT molecular complexity index is 413. The molecule has 0 aliphatic carbocycles. The Morgan fingerprint density at radius 3 is 2.87 bits per heavy atom. The molecule has 2 N–H and O–H groups in total. The molecule has 6 heteroatoms. The Balaban J connectivity index is 2.03. The molecule has 0 atom stereocenters. The maximum Gasteiger partial charge on any atom is 0.327 e. The Kier molecular flexibility index (Phi) is 3.61. The van der Waals surface area contributed by atoms with E-state index in [9.17, 15) is 0 Å². The minimum absolute atomic E-state index is 0.290. The fourth-order valence-electron chi connectivity index (χ4n) is 1.24. The molecule has 0 fully saturated rings. The Labute approximate surface area is 92.2 Å². The van der Waals surface area contributed by atoms with Crippen LogP contribution in [0.2, 0.25) is 0 Å². The zero-order chi connectivity index (χ0) is 10.7. The molecule has 1 heterocycles. The van der Waals surface area contributed by atoms with E-state index < -0.39 is 8.60 Å². The Morgan fingerprint density at radius 2 is 2.13 bits per heavy atom. The molecule has 0 saturated heterocycles. The van der Waals surface area contributed by atoms with E-state index in [4.69, 9.17) is 9.79 Å². The van der Waals surface area contributed by atoms with Gasteiger partial charge in [0.05, 0.1) is 21.8 Å². The van der Waals surface area contributed by atoms with E-state index in [1.165, 1.54) is 0 Å². The molecule has 4 nitrogen and oxygen atoms in total. The lowest BCUT2D eigenvalue weighted by molar-refractivity contribution is 0.258. The second kappa shape index (κ2) is 4.96. The fraction of sp³-hybridized carbons (Fsp3) is 0.222. The zero-order valence-corrected chi connectivity index (χ0v) is 9.54. The number of nitrogens with zero attached hydrogens (tertiary/aromatic N) is 1. The number of hydrogen-bond acceptors (Lipinski definition) is 5. The number of para-hydroxylation sites is 1. The largest absolute Gasteiger partial charge is 0.328 e. The highest BCUT2D eigenvalue weighted by Crippen LogP contribution is 2.26. The minimum Gasteiger partial charge on any atom is -0.328 e. The highest BCUT2D eigenvalue weighted by Gasteiger charge is 2.04. The van der Waals surface area contributed by atoms with E-state index >= 15 is 0 Å². The monoisotopic (exact) mass is 243 g/mol. The van der Waals surface area contributed by atoms with Crippen LogP contribution in [0.4, 0.5) is 0 Å². The SMILES string of the molecule is OP(O)OCCc1nc2ccccc2s1. The molecule has 0 saturated carbocycles. The molecule has 1 aromatic carbocycles. The first kappa shape index (κ1) is 10.9. The van der Waals surface area contributed by atoms with Gasteiger partial charge in [0.25, 0.3) is 0 Å². The van der Waals surface area contributed by atoms with E-state index in [0.29, 0.717) is 13.0 Å².